The zero-order chi connectivity index (χ0) is 20.5. The number of esters is 1. The van der Waals surface area contributed by atoms with Crippen molar-refractivity contribution in [3.8, 4) is 12.1 Å². The first-order chi connectivity index (χ1) is 13.4. The minimum atomic E-state index is -1.09. The standard InChI is InChI=1S/C20H16N4O4/c1-13(19(26)24-17-5-3-2-4-15(17)12-22)28-20(27)14-6-8-16(9-7-14)23-18(25)10-11-21/h2-9,13H,10H2,1H3,(H,23,25)(H,24,26). The summed E-state index contributed by atoms with van der Waals surface area (Å²) in [7, 11) is 0. The highest BCUT2D eigenvalue weighted by Gasteiger charge is 2.20. The van der Waals surface area contributed by atoms with Crippen molar-refractivity contribution in [2.45, 2.75) is 19.4 Å². The lowest BCUT2D eigenvalue weighted by atomic mass is 10.2. The van der Waals surface area contributed by atoms with E-state index < -0.39 is 23.9 Å². The van der Waals surface area contributed by atoms with Gasteiger partial charge in [0.1, 0.15) is 12.5 Å². The Bertz CT molecular complexity index is 971. The van der Waals surface area contributed by atoms with Crippen molar-refractivity contribution in [3.05, 3.63) is 59.7 Å². The average molecular weight is 376 g/mol. The third-order valence-electron chi connectivity index (χ3n) is 3.60. The maximum absolute atomic E-state index is 12.2. The summed E-state index contributed by atoms with van der Waals surface area (Å²) in [4.78, 5) is 35.8. The van der Waals surface area contributed by atoms with Gasteiger partial charge in [0.25, 0.3) is 5.91 Å². The van der Waals surface area contributed by atoms with E-state index in [2.05, 4.69) is 10.6 Å². The average Bonchev–Trinajstić information content (AvgIpc) is 2.69. The molecule has 28 heavy (non-hydrogen) atoms. The van der Waals surface area contributed by atoms with Gasteiger partial charge in [0, 0.05) is 5.69 Å². The summed E-state index contributed by atoms with van der Waals surface area (Å²) in [6.45, 7) is 1.42. The molecule has 1 unspecified atom stereocenters. The molecule has 2 rings (SSSR count). The molecule has 0 saturated heterocycles. The van der Waals surface area contributed by atoms with E-state index in [0.29, 0.717) is 16.9 Å². The third-order valence-corrected chi connectivity index (χ3v) is 3.60. The zero-order valence-corrected chi connectivity index (χ0v) is 14.9. The Balaban J connectivity index is 1.96. The number of hydrogen-bond acceptors (Lipinski definition) is 6. The normalized spacial score (nSPS) is 10.7. The molecule has 0 saturated carbocycles. The van der Waals surface area contributed by atoms with Gasteiger partial charge in [0.2, 0.25) is 5.91 Å². The summed E-state index contributed by atoms with van der Waals surface area (Å²) < 4.78 is 5.14. The van der Waals surface area contributed by atoms with E-state index in [1.807, 2.05) is 6.07 Å². The van der Waals surface area contributed by atoms with Crippen LogP contribution in [0.1, 0.15) is 29.3 Å². The first-order valence-electron chi connectivity index (χ1n) is 8.22. The number of amides is 2. The first-order valence-corrected chi connectivity index (χ1v) is 8.22. The van der Waals surface area contributed by atoms with Gasteiger partial charge in [-0.3, -0.25) is 9.59 Å². The Morgan fingerprint density at radius 1 is 1.04 bits per heavy atom. The van der Waals surface area contributed by atoms with E-state index in [0.717, 1.165) is 0 Å². The van der Waals surface area contributed by atoms with Crippen LogP contribution in [-0.4, -0.2) is 23.9 Å². The number of nitrogens with one attached hydrogen (secondary N) is 2. The van der Waals surface area contributed by atoms with Crippen LogP contribution >= 0.6 is 0 Å². The minimum Gasteiger partial charge on any atom is -0.449 e. The summed E-state index contributed by atoms with van der Waals surface area (Å²) in [5.74, 6) is -1.75. The Kier molecular flexibility index (Phi) is 6.84. The van der Waals surface area contributed by atoms with Crippen LogP contribution < -0.4 is 10.6 Å². The molecule has 2 amide bonds. The van der Waals surface area contributed by atoms with E-state index in [1.54, 1.807) is 30.3 Å². The summed E-state index contributed by atoms with van der Waals surface area (Å²) in [6, 6.07) is 16.0. The van der Waals surface area contributed by atoms with Crippen molar-refractivity contribution in [2.24, 2.45) is 0 Å². The molecule has 0 aliphatic heterocycles. The van der Waals surface area contributed by atoms with E-state index in [-0.39, 0.29) is 12.0 Å². The Morgan fingerprint density at radius 2 is 1.71 bits per heavy atom. The second-order valence-electron chi connectivity index (χ2n) is 5.65. The number of nitrogens with zero attached hydrogens (tertiary/aromatic N) is 2. The molecule has 140 valence electrons. The number of para-hydroxylation sites is 1. The van der Waals surface area contributed by atoms with Crippen LogP contribution in [0.2, 0.25) is 0 Å². The lowest BCUT2D eigenvalue weighted by Crippen LogP contribution is -2.30. The molecular formula is C20H16N4O4. The number of ether oxygens (including phenoxy) is 1. The van der Waals surface area contributed by atoms with Gasteiger partial charge in [-0.2, -0.15) is 10.5 Å². The highest BCUT2D eigenvalue weighted by atomic mass is 16.5. The molecule has 0 radical (unpaired) electrons. The van der Waals surface area contributed by atoms with Crippen LogP contribution in [0.3, 0.4) is 0 Å². The molecule has 0 bridgehead atoms. The SMILES string of the molecule is CC(OC(=O)c1ccc(NC(=O)CC#N)cc1)C(=O)Nc1ccccc1C#N. The molecular weight excluding hydrogens is 360 g/mol. The molecule has 0 heterocycles. The van der Waals surface area contributed by atoms with Gasteiger partial charge in [0.05, 0.1) is 22.9 Å². The van der Waals surface area contributed by atoms with Crippen LogP contribution in [0.15, 0.2) is 48.5 Å². The third kappa shape index (κ3) is 5.41. The van der Waals surface area contributed by atoms with Crippen molar-refractivity contribution in [3.63, 3.8) is 0 Å². The Labute approximate surface area is 161 Å². The van der Waals surface area contributed by atoms with Gasteiger partial charge < -0.3 is 15.4 Å². The smallest absolute Gasteiger partial charge is 0.338 e. The van der Waals surface area contributed by atoms with Crippen molar-refractivity contribution in [1.82, 2.24) is 0 Å². The maximum atomic E-state index is 12.2. The fourth-order valence-corrected chi connectivity index (χ4v) is 2.17. The summed E-state index contributed by atoms with van der Waals surface area (Å²) in [5.41, 5.74) is 1.24. The number of rotatable bonds is 6. The highest BCUT2D eigenvalue weighted by Crippen LogP contribution is 2.15. The molecule has 2 N–H and O–H groups in total. The molecule has 2 aromatic rings. The number of nitriles is 2. The molecule has 8 heteroatoms. The number of carbonyl (C=O) groups excluding carboxylic acids is 3. The van der Waals surface area contributed by atoms with Crippen LogP contribution in [0.4, 0.5) is 11.4 Å². The predicted octanol–water partition coefficient (Wildman–Crippen LogP) is 2.59. The van der Waals surface area contributed by atoms with Gasteiger partial charge in [-0.15, -0.1) is 0 Å². The topological polar surface area (TPSA) is 132 Å². The fraction of sp³-hybridized carbons (Fsp3) is 0.150. The van der Waals surface area contributed by atoms with E-state index in [1.165, 1.54) is 31.2 Å². The molecule has 0 aliphatic rings. The van der Waals surface area contributed by atoms with Gasteiger partial charge in [0.15, 0.2) is 6.10 Å². The van der Waals surface area contributed by atoms with E-state index in [9.17, 15) is 14.4 Å². The van der Waals surface area contributed by atoms with E-state index in [4.69, 9.17) is 15.3 Å². The molecule has 0 aliphatic carbocycles. The van der Waals surface area contributed by atoms with E-state index >= 15 is 0 Å². The zero-order valence-electron chi connectivity index (χ0n) is 14.9. The number of benzene rings is 2. The van der Waals surface area contributed by atoms with Gasteiger partial charge in [-0.05, 0) is 43.3 Å². The quantitative estimate of drug-likeness (QED) is 0.745. The van der Waals surface area contributed by atoms with Gasteiger partial charge in [-0.25, -0.2) is 4.79 Å². The lowest BCUT2D eigenvalue weighted by molar-refractivity contribution is -0.123. The first kappa shape index (κ1) is 20.1. The lowest BCUT2D eigenvalue weighted by Gasteiger charge is -2.14. The number of carbonyl (C=O) groups is 3. The fourth-order valence-electron chi connectivity index (χ4n) is 2.17. The second kappa shape index (κ2) is 9.51. The second-order valence-corrected chi connectivity index (χ2v) is 5.65. The summed E-state index contributed by atoms with van der Waals surface area (Å²) in [5, 5.41) is 22.6. The van der Waals surface area contributed by atoms with Crippen LogP contribution in [0, 0.1) is 22.7 Å². The maximum Gasteiger partial charge on any atom is 0.338 e. The molecule has 0 fully saturated rings. The van der Waals surface area contributed by atoms with Crippen molar-refractivity contribution < 1.29 is 19.1 Å². The summed E-state index contributed by atoms with van der Waals surface area (Å²) in [6.07, 6.45) is -1.36. The van der Waals surface area contributed by atoms with Gasteiger partial charge >= 0.3 is 5.97 Å². The monoisotopic (exact) mass is 376 g/mol. The minimum absolute atomic E-state index is 0.190. The molecule has 1 atom stereocenters. The number of anilines is 2. The van der Waals surface area contributed by atoms with Gasteiger partial charge in [-0.1, -0.05) is 12.1 Å². The summed E-state index contributed by atoms with van der Waals surface area (Å²) >= 11 is 0. The molecule has 0 spiro atoms. The highest BCUT2D eigenvalue weighted by molar-refractivity contribution is 5.98. The van der Waals surface area contributed by atoms with Crippen LogP contribution in [0.25, 0.3) is 0 Å². The molecule has 2 aromatic carbocycles. The number of hydrogen-bond donors (Lipinski definition) is 2. The Hall–Kier alpha value is -4.17. The van der Waals surface area contributed by atoms with Crippen LogP contribution in [0.5, 0.6) is 0 Å². The van der Waals surface area contributed by atoms with Crippen molar-refractivity contribution in [1.29, 1.82) is 10.5 Å². The largest absolute Gasteiger partial charge is 0.449 e. The van der Waals surface area contributed by atoms with Crippen molar-refractivity contribution >= 4 is 29.2 Å². The molecule has 8 nitrogen and oxygen atoms in total. The Morgan fingerprint density at radius 3 is 2.36 bits per heavy atom. The predicted molar refractivity (Wildman–Crippen MR) is 100.0 cm³/mol. The van der Waals surface area contributed by atoms with Crippen LogP contribution in [-0.2, 0) is 14.3 Å². The molecule has 0 aromatic heterocycles. The van der Waals surface area contributed by atoms with Crippen molar-refractivity contribution in [2.75, 3.05) is 10.6 Å².